The van der Waals surface area contributed by atoms with Crippen molar-refractivity contribution >= 4 is 21.7 Å². The predicted molar refractivity (Wildman–Crippen MR) is 104 cm³/mol. The molecule has 0 aliphatic heterocycles. The molecule has 2 amide bonds. The van der Waals surface area contributed by atoms with E-state index >= 15 is 0 Å². The SMILES string of the molecule is CC(C)(O)c1coc(S(=O)(=O)NC(=O)Nc2c3c(cc4c2CCC4)CCC3)c1.[Na+]. The summed E-state index contributed by atoms with van der Waals surface area (Å²) < 4.78 is 32.1. The molecular formula is C20H24N2NaO5S+. The van der Waals surface area contributed by atoms with Gasteiger partial charge < -0.3 is 14.8 Å². The van der Waals surface area contributed by atoms with Crippen LogP contribution in [0.15, 0.2) is 27.9 Å². The molecule has 7 nitrogen and oxygen atoms in total. The fourth-order valence-corrected chi connectivity index (χ4v) is 4.91. The number of anilines is 1. The standard InChI is InChI=1S/C20H24N2O5S.Na/c1-20(2,24)14-10-17(27-11-14)28(25,26)22-19(23)21-18-15-7-3-5-12(15)9-13-6-4-8-16(13)18;/h9-11,24H,3-8H2,1-2H3,(H2,21,22,23);/q;+1. The van der Waals surface area contributed by atoms with Gasteiger partial charge in [-0.25, -0.2) is 9.52 Å². The van der Waals surface area contributed by atoms with Crippen LogP contribution in [0.3, 0.4) is 0 Å². The Morgan fingerprint density at radius 1 is 1.07 bits per heavy atom. The van der Waals surface area contributed by atoms with Crippen molar-refractivity contribution in [2.24, 2.45) is 0 Å². The molecule has 1 heterocycles. The molecule has 29 heavy (non-hydrogen) atoms. The predicted octanol–water partition coefficient (Wildman–Crippen LogP) is -0.00120. The molecule has 0 atom stereocenters. The molecule has 0 spiro atoms. The zero-order valence-corrected chi connectivity index (χ0v) is 19.8. The van der Waals surface area contributed by atoms with Crippen LogP contribution in [-0.2, 0) is 41.3 Å². The van der Waals surface area contributed by atoms with Crippen LogP contribution in [0.5, 0.6) is 0 Å². The summed E-state index contributed by atoms with van der Waals surface area (Å²) in [6.07, 6.45) is 7.00. The Bertz CT molecular complexity index is 1020. The number of amides is 2. The molecule has 2 aromatic rings. The molecule has 0 radical (unpaired) electrons. The van der Waals surface area contributed by atoms with Crippen molar-refractivity contribution in [1.82, 2.24) is 4.72 Å². The maximum atomic E-state index is 12.5. The summed E-state index contributed by atoms with van der Waals surface area (Å²) >= 11 is 0. The Kier molecular flexibility index (Phi) is 6.23. The van der Waals surface area contributed by atoms with Gasteiger partial charge in [0.05, 0.1) is 11.9 Å². The number of aryl methyl sites for hydroxylation is 2. The number of carbonyl (C=O) groups excluding carboxylic acids is 1. The number of carbonyl (C=O) groups is 1. The van der Waals surface area contributed by atoms with E-state index < -0.39 is 26.7 Å². The molecule has 2 aliphatic rings. The monoisotopic (exact) mass is 427 g/mol. The number of hydrogen-bond acceptors (Lipinski definition) is 5. The maximum absolute atomic E-state index is 12.5. The molecule has 4 rings (SSSR count). The number of aliphatic hydroxyl groups is 1. The molecule has 0 saturated heterocycles. The van der Waals surface area contributed by atoms with Crippen molar-refractivity contribution in [3.63, 3.8) is 0 Å². The third-order valence-corrected chi connectivity index (χ3v) is 6.68. The Balaban J connectivity index is 0.00000240. The van der Waals surface area contributed by atoms with E-state index in [1.807, 2.05) is 4.72 Å². The number of sulfonamides is 1. The van der Waals surface area contributed by atoms with E-state index in [2.05, 4.69) is 11.4 Å². The number of benzene rings is 1. The summed E-state index contributed by atoms with van der Waals surface area (Å²) in [5, 5.41) is 12.3. The Morgan fingerprint density at radius 2 is 1.66 bits per heavy atom. The molecular weight excluding hydrogens is 403 g/mol. The fourth-order valence-electron chi connectivity index (χ4n) is 4.06. The average Bonchev–Trinajstić information content (AvgIpc) is 3.33. The summed E-state index contributed by atoms with van der Waals surface area (Å²) in [5.41, 5.74) is 4.58. The average molecular weight is 427 g/mol. The second kappa shape index (κ2) is 8.07. The normalized spacial score (nSPS) is 15.4. The van der Waals surface area contributed by atoms with Gasteiger partial charge in [-0.3, -0.25) is 0 Å². The fraction of sp³-hybridized carbons (Fsp3) is 0.450. The molecule has 0 bridgehead atoms. The quantitative estimate of drug-likeness (QED) is 0.596. The third kappa shape index (κ3) is 4.41. The van der Waals surface area contributed by atoms with Crippen molar-refractivity contribution in [3.8, 4) is 0 Å². The first-order valence-corrected chi connectivity index (χ1v) is 10.9. The zero-order chi connectivity index (χ0) is 20.1. The molecule has 0 fully saturated rings. The van der Waals surface area contributed by atoms with Crippen LogP contribution in [0.2, 0.25) is 0 Å². The molecule has 9 heteroatoms. The van der Waals surface area contributed by atoms with Crippen molar-refractivity contribution in [2.45, 2.75) is 63.1 Å². The summed E-state index contributed by atoms with van der Waals surface area (Å²) in [4.78, 5) is 12.5. The first-order chi connectivity index (χ1) is 13.1. The molecule has 0 unspecified atom stereocenters. The Labute approximate surface area is 192 Å². The summed E-state index contributed by atoms with van der Waals surface area (Å²) in [6.45, 7) is 3.04. The first-order valence-electron chi connectivity index (χ1n) is 9.47. The van der Waals surface area contributed by atoms with Gasteiger partial charge in [-0.05, 0) is 74.6 Å². The number of nitrogens with one attached hydrogen (secondary N) is 2. The van der Waals surface area contributed by atoms with Crippen LogP contribution < -0.4 is 39.6 Å². The van der Waals surface area contributed by atoms with Gasteiger partial charge in [-0.1, -0.05) is 6.07 Å². The van der Waals surface area contributed by atoms with E-state index in [9.17, 15) is 18.3 Å². The molecule has 1 aromatic carbocycles. The molecule has 150 valence electrons. The van der Waals surface area contributed by atoms with E-state index in [1.54, 1.807) is 0 Å². The summed E-state index contributed by atoms with van der Waals surface area (Å²) in [7, 11) is -4.19. The minimum absolute atomic E-state index is 0. The number of urea groups is 1. The molecule has 2 aliphatic carbocycles. The van der Waals surface area contributed by atoms with Gasteiger partial charge in [0.1, 0.15) is 0 Å². The van der Waals surface area contributed by atoms with Crippen molar-refractivity contribution < 1.29 is 52.3 Å². The second-order valence-electron chi connectivity index (χ2n) is 8.01. The van der Waals surface area contributed by atoms with Gasteiger partial charge in [-0.15, -0.1) is 0 Å². The van der Waals surface area contributed by atoms with Gasteiger partial charge in [-0.2, -0.15) is 8.42 Å². The Hall–Kier alpha value is -1.32. The number of furan rings is 1. The zero-order valence-electron chi connectivity index (χ0n) is 17.0. The largest absolute Gasteiger partial charge is 1.00 e. The maximum Gasteiger partial charge on any atom is 1.00 e. The van der Waals surface area contributed by atoms with Crippen LogP contribution in [0.1, 0.15) is 54.5 Å². The third-order valence-electron chi connectivity index (χ3n) is 5.49. The molecule has 1 aromatic heterocycles. The van der Waals surface area contributed by atoms with Gasteiger partial charge in [0, 0.05) is 17.3 Å². The molecule has 0 saturated carbocycles. The van der Waals surface area contributed by atoms with Crippen LogP contribution in [-0.4, -0.2) is 19.6 Å². The van der Waals surface area contributed by atoms with Gasteiger partial charge in [0.2, 0.25) is 5.09 Å². The summed E-state index contributed by atoms with van der Waals surface area (Å²) in [6, 6.07) is 2.65. The van der Waals surface area contributed by atoms with Crippen LogP contribution in [0, 0.1) is 0 Å². The van der Waals surface area contributed by atoms with E-state index in [1.165, 1.54) is 37.3 Å². The van der Waals surface area contributed by atoms with Gasteiger partial charge in [0.25, 0.3) is 10.0 Å². The van der Waals surface area contributed by atoms with E-state index in [0.29, 0.717) is 5.56 Å². The first kappa shape index (κ1) is 22.4. The van der Waals surface area contributed by atoms with Crippen molar-refractivity contribution in [1.29, 1.82) is 0 Å². The van der Waals surface area contributed by atoms with Crippen LogP contribution >= 0.6 is 0 Å². The van der Waals surface area contributed by atoms with Crippen LogP contribution in [0.4, 0.5) is 10.5 Å². The summed E-state index contributed by atoms with van der Waals surface area (Å²) in [5.74, 6) is 0. The Morgan fingerprint density at radius 3 is 2.17 bits per heavy atom. The van der Waals surface area contributed by atoms with Crippen LogP contribution in [0.25, 0.3) is 0 Å². The number of hydrogen-bond donors (Lipinski definition) is 3. The van der Waals surface area contributed by atoms with E-state index in [4.69, 9.17) is 4.42 Å². The van der Waals surface area contributed by atoms with Gasteiger partial charge in [0.15, 0.2) is 0 Å². The topological polar surface area (TPSA) is 109 Å². The van der Waals surface area contributed by atoms with E-state index in [0.717, 1.165) is 55.3 Å². The minimum atomic E-state index is -4.19. The minimum Gasteiger partial charge on any atom is -0.451 e. The van der Waals surface area contributed by atoms with Gasteiger partial charge >= 0.3 is 35.6 Å². The second-order valence-corrected chi connectivity index (χ2v) is 9.62. The van der Waals surface area contributed by atoms with Crippen molar-refractivity contribution in [2.75, 3.05) is 5.32 Å². The smallest absolute Gasteiger partial charge is 0.451 e. The molecule has 3 N–H and O–H groups in total. The number of fused-ring (bicyclic) bond motifs is 2. The van der Waals surface area contributed by atoms with E-state index in [-0.39, 0.29) is 29.6 Å². The van der Waals surface area contributed by atoms with Crippen molar-refractivity contribution in [3.05, 3.63) is 46.2 Å². The number of rotatable bonds is 4.